The predicted octanol–water partition coefficient (Wildman–Crippen LogP) is 3.25. The Bertz CT molecular complexity index is 905. The van der Waals surface area contributed by atoms with Crippen LogP contribution in [-0.4, -0.2) is 23.7 Å². The molecule has 0 saturated heterocycles. The first kappa shape index (κ1) is 18.7. The summed E-state index contributed by atoms with van der Waals surface area (Å²) in [6.07, 6.45) is 12.5. The summed E-state index contributed by atoms with van der Waals surface area (Å²) in [4.78, 5) is 8.66. The van der Waals surface area contributed by atoms with Crippen molar-refractivity contribution in [2.45, 2.75) is 38.1 Å². The zero-order valence-electron chi connectivity index (χ0n) is 13.6. The second kappa shape index (κ2) is 8.05. The molecule has 0 aliphatic heterocycles. The summed E-state index contributed by atoms with van der Waals surface area (Å²) in [6, 6.07) is 4.40. The van der Waals surface area contributed by atoms with Gasteiger partial charge in [-0.15, -0.1) is 0 Å². The minimum absolute atomic E-state index is 0. The Hall–Kier alpha value is -1.12. The van der Waals surface area contributed by atoms with Gasteiger partial charge < -0.3 is 16.8 Å². The van der Waals surface area contributed by atoms with Crippen LogP contribution in [0.4, 0.5) is 0 Å². The quantitative estimate of drug-likeness (QED) is 0.528. The average molecular weight is 488 g/mol. The van der Waals surface area contributed by atoms with E-state index in [0.717, 1.165) is 22.3 Å². The number of rotatable bonds is 4. The Kier molecular flexibility index (Phi) is 6.01. The SMILES string of the molecule is N#CCC(C1CCCC1)n1cc(-c2ncnc3c2ccn3[S-])cn1.[Sm]. The molecule has 4 rings (SSSR count). The monoisotopic (exact) mass is 489 g/mol. The third-order valence-corrected chi connectivity index (χ3v) is 5.20. The normalized spacial score (nSPS) is 15.8. The summed E-state index contributed by atoms with van der Waals surface area (Å²) >= 11 is 5.22. The van der Waals surface area contributed by atoms with Crippen molar-refractivity contribution in [3.8, 4) is 17.3 Å². The minimum atomic E-state index is 0. The number of hydrogen-bond donors (Lipinski definition) is 0. The van der Waals surface area contributed by atoms with Gasteiger partial charge in [0.1, 0.15) is 12.0 Å². The van der Waals surface area contributed by atoms with Crippen molar-refractivity contribution < 1.29 is 40.4 Å². The third kappa shape index (κ3) is 3.57. The number of hydrogen-bond acceptors (Lipinski definition) is 5. The van der Waals surface area contributed by atoms with E-state index in [0.29, 0.717) is 12.3 Å². The van der Waals surface area contributed by atoms with Crippen LogP contribution in [0.25, 0.3) is 22.3 Å². The van der Waals surface area contributed by atoms with Crippen molar-refractivity contribution in [1.82, 2.24) is 23.7 Å². The molecule has 1 unspecified atom stereocenters. The van der Waals surface area contributed by atoms with Crippen LogP contribution in [0.15, 0.2) is 31.0 Å². The van der Waals surface area contributed by atoms with Crippen molar-refractivity contribution >= 4 is 23.8 Å². The van der Waals surface area contributed by atoms with E-state index in [1.54, 1.807) is 10.2 Å². The summed E-state index contributed by atoms with van der Waals surface area (Å²) in [5.74, 6) is 0.538. The molecule has 0 radical (unpaired) electrons. The zero-order valence-corrected chi connectivity index (χ0v) is 17.0. The summed E-state index contributed by atoms with van der Waals surface area (Å²) < 4.78 is 3.52. The molecule has 1 aliphatic rings. The Morgan fingerprint density at radius 1 is 1.32 bits per heavy atom. The van der Waals surface area contributed by atoms with Gasteiger partial charge in [-0.3, -0.25) is 4.68 Å². The van der Waals surface area contributed by atoms with Crippen LogP contribution in [0.3, 0.4) is 0 Å². The first-order valence-electron chi connectivity index (χ1n) is 8.19. The van der Waals surface area contributed by atoms with Crippen LogP contribution >= 0.6 is 0 Å². The van der Waals surface area contributed by atoms with Gasteiger partial charge in [0.05, 0.1) is 30.4 Å². The molecule has 8 heteroatoms. The Morgan fingerprint density at radius 2 is 2.12 bits per heavy atom. The molecule has 6 nitrogen and oxygen atoms in total. The van der Waals surface area contributed by atoms with Crippen LogP contribution in [0.1, 0.15) is 38.1 Å². The standard InChI is InChI=1S/C17H17N6S.Sm/c18-7-5-15(12-3-1-2-4-12)22-10-13(9-21-22)16-14-6-8-23(24)17(14)20-11-19-16;/h6,8-12,15H,1-5H2;/q-1;. The largest absolute Gasteiger partial charge is 0.686 e. The second-order valence-electron chi connectivity index (χ2n) is 6.28. The van der Waals surface area contributed by atoms with Crippen LogP contribution in [0.2, 0.25) is 0 Å². The molecule has 0 amide bonds. The molecule has 1 aliphatic carbocycles. The fourth-order valence-corrected chi connectivity index (χ4v) is 3.92. The van der Waals surface area contributed by atoms with Crippen molar-refractivity contribution in [2.75, 3.05) is 0 Å². The first-order chi connectivity index (χ1) is 11.8. The molecule has 0 bridgehead atoms. The van der Waals surface area contributed by atoms with E-state index >= 15 is 0 Å². The van der Waals surface area contributed by atoms with Gasteiger partial charge in [0, 0.05) is 57.5 Å². The van der Waals surface area contributed by atoms with E-state index in [1.807, 2.05) is 23.1 Å². The molecule has 3 aromatic heterocycles. The van der Waals surface area contributed by atoms with Crippen LogP contribution in [-0.2, 0) is 12.8 Å². The van der Waals surface area contributed by atoms with Gasteiger partial charge in [-0.25, -0.2) is 9.97 Å². The maximum atomic E-state index is 9.20. The molecule has 0 N–H and O–H groups in total. The van der Waals surface area contributed by atoms with Crippen LogP contribution in [0, 0.1) is 57.6 Å². The van der Waals surface area contributed by atoms with Gasteiger partial charge in [0.25, 0.3) is 0 Å². The van der Waals surface area contributed by atoms with E-state index in [9.17, 15) is 5.26 Å². The molecular formula is C17H17N6SSm-. The van der Waals surface area contributed by atoms with Gasteiger partial charge >= 0.3 is 0 Å². The van der Waals surface area contributed by atoms with Gasteiger partial charge in [-0.1, -0.05) is 12.8 Å². The molecule has 0 spiro atoms. The minimum Gasteiger partial charge on any atom is -0.686 e. The Labute approximate surface area is 184 Å². The van der Waals surface area contributed by atoms with E-state index < -0.39 is 0 Å². The van der Waals surface area contributed by atoms with E-state index in [2.05, 4.69) is 21.1 Å². The molecule has 25 heavy (non-hydrogen) atoms. The molecule has 0 aromatic carbocycles. The molecule has 1 atom stereocenters. The summed E-state index contributed by atoms with van der Waals surface area (Å²) in [7, 11) is 0. The number of nitriles is 1. The summed E-state index contributed by atoms with van der Waals surface area (Å²) in [6.45, 7) is 0. The maximum Gasteiger partial charge on any atom is 0.124 e. The topological polar surface area (TPSA) is 72.3 Å². The van der Waals surface area contributed by atoms with Crippen molar-refractivity contribution in [2.24, 2.45) is 5.92 Å². The first-order valence-corrected chi connectivity index (χ1v) is 8.55. The van der Waals surface area contributed by atoms with Crippen molar-refractivity contribution in [1.29, 1.82) is 5.26 Å². The van der Waals surface area contributed by atoms with Crippen LogP contribution < -0.4 is 0 Å². The molecular weight excluding hydrogens is 471 g/mol. The second-order valence-corrected chi connectivity index (χ2v) is 6.68. The van der Waals surface area contributed by atoms with Crippen molar-refractivity contribution in [3.05, 3.63) is 31.0 Å². The average Bonchev–Trinajstić information content (AvgIpc) is 3.34. The number of aromatic nitrogens is 5. The number of nitrogens with zero attached hydrogens (tertiary/aromatic N) is 6. The van der Waals surface area contributed by atoms with Crippen LogP contribution in [0.5, 0.6) is 0 Å². The summed E-state index contributed by atoms with van der Waals surface area (Å²) in [5.41, 5.74) is 2.49. The Balaban J connectivity index is 0.00000182. The fraction of sp³-hybridized carbons (Fsp3) is 0.412. The maximum absolute atomic E-state index is 9.20. The van der Waals surface area contributed by atoms with Gasteiger partial charge in [0.2, 0.25) is 0 Å². The van der Waals surface area contributed by atoms with Gasteiger partial charge in [-0.2, -0.15) is 10.4 Å². The third-order valence-electron chi connectivity index (χ3n) is 4.91. The van der Waals surface area contributed by atoms with Gasteiger partial charge in [-0.05, 0) is 31.0 Å². The van der Waals surface area contributed by atoms with Crippen molar-refractivity contribution in [3.63, 3.8) is 0 Å². The summed E-state index contributed by atoms with van der Waals surface area (Å²) in [5, 5.41) is 14.7. The zero-order chi connectivity index (χ0) is 16.5. The molecule has 1 fully saturated rings. The number of fused-ring (bicyclic) bond motifs is 1. The molecule has 3 aromatic rings. The molecule has 128 valence electrons. The molecule has 1 saturated carbocycles. The van der Waals surface area contributed by atoms with E-state index in [-0.39, 0.29) is 46.4 Å². The van der Waals surface area contributed by atoms with E-state index in [1.165, 1.54) is 32.0 Å². The fourth-order valence-electron chi connectivity index (χ4n) is 3.71. The Morgan fingerprint density at radius 3 is 2.88 bits per heavy atom. The predicted molar refractivity (Wildman–Crippen MR) is 92.7 cm³/mol. The molecule has 3 heterocycles. The smallest absolute Gasteiger partial charge is 0.124 e. The van der Waals surface area contributed by atoms with E-state index in [4.69, 9.17) is 12.8 Å². The van der Waals surface area contributed by atoms with Gasteiger partial charge in [0.15, 0.2) is 0 Å².